The highest BCUT2D eigenvalue weighted by Gasteiger charge is 2.10. The minimum absolute atomic E-state index is 0.120. The van der Waals surface area contributed by atoms with Crippen molar-refractivity contribution >= 4 is 34.0 Å². The molecule has 156 valence electrons. The molecule has 2 heterocycles. The molecule has 1 N–H and O–H groups in total. The number of aryl methyl sites for hydroxylation is 2. The Morgan fingerprint density at radius 1 is 1.16 bits per heavy atom. The summed E-state index contributed by atoms with van der Waals surface area (Å²) in [5.41, 5.74) is 3.75. The summed E-state index contributed by atoms with van der Waals surface area (Å²) in [5, 5.41) is 4.76. The summed E-state index contributed by atoms with van der Waals surface area (Å²) in [6, 6.07) is 16.6. The van der Waals surface area contributed by atoms with Gasteiger partial charge in [-0.3, -0.25) is 14.0 Å². The number of aromatic nitrogens is 2. The average molecular weight is 432 g/mol. The van der Waals surface area contributed by atoms with Gasteiger partial charge in [0.05, 0.1) is 11.4 Å². The lowest BCUT2D eigenvalue weighted by Gasteiger charge is -2.12. The van der Waals surface area contributed by atoms with E-state index in [-0.39, 0.29) is 18.1 Å². The van der Waals surface area contributed by atoms with Crippen molar-refractivity contribution in [3.63, 3.8) is 0 Å². The quantitative estimate of drug-likeness (QED) is 0.453. The predicted molar refractivity (Wildman–Crippen MR) is 124 cm³/mol. The highest BCUT2D eigenvalue weighted by atomic mass is 32.1. The van der Waals surface area contributed by atoms with Crippen LogP contribution in [0.2, 0.25) is 0 Å². The number of fused-ring (bicyclic) bond motifs is 1. The Labute approximate surface area is 183 Å². The molecule has 0 saturated heterocycles. The van der Waals surface area contributed by atoms with Crippen molar-refractivity contribution < 1.29 is 9.53 Å². The molecule has 7 heteroatoms. The molecule has 4 aromatic rings. The Kier molecular flexibility index (Phi) is 5.95. The summed E-state index contributed by atoms with van der Waals surface area (Å²) in [6.07, 6.45) is 3.23. The zero-order valence-electron chi connectivity index (χ0n) is 17.2. The highest BCUT2D eigenvalue weighted by molar-refractivity contribution is 7.15. The second-order valence-corrected chi connectivity index (χ2v) is 7.94. The van der Waals surface area contributed by atoms with Crippen LogP contribution in [-0.4, -0.2) is 15.3 Å². The fourth-order valence-corrected chi connectivity index (χ4v) is 4.00. The number of benzene rings is 2. The second kappa shape index (κ2) is 8.97. The molecule has 0 aliphatic rings. The van der Waals surface area contributed by atoms with Gasteiger partial charge in [0.2, 0.25) is 5.91 Å². The molecule has 0 radical (unpaired) electrons. The summed E-state index contributed by atoms with van der Waals surface area (Å²) >= 11 is 1.41. The lowest BCUT2D eigenvalue weighted by atomic mass is 10.2. The van der Waals surface area contributed by atoms with Gasteiger partial charge in [-0.05, 0) is 43.2 Å². The van der Waals surface area contributed by atoms with E-state index in [1.54, 1.807) is 16.5 Å². The molecular weight excluding hydrogens is 410 g/mol. The molecule has 31 heavy (non-hydrogen) atoms. The molecule has 2 aromatic carbocycles. The van der Waals surface area contributed by atoms with Crippen molar-refractivity contribution in [2.75, 3.05) is 5.32 Å². The summed E-state index contributed by atoms with van der Waals surface area (Å²) in [5.74, 6) is 0.252. The number of carbonyl (C=O) groups excluding carboxylic acids is 1. The van der Waals surface area contributed by atoms with Crippen molar-refractivity contribution in [3.8, 4) is 5.75 Å². The Bertz CT molecular complexity index is 1320. The molecule has 1 amide bonds. The molecule has 2 aromatic heterocycles. The van der Waals surface area contributed by atoms with Gasteiger partial charge in [0.15, 0.2) is 4.96 Å². The topological polar surface area (TPSA) is 72.7 Å². The fraction of sp³-hybridized carbons (Fsp3) is 0.125. The highest BCUT2D eigenvalue weighted by Crippen LogP contribution is 2.26. The zero-order valence-corrected chi connectivity index (χ0v) is 18.0. The van der Waals surface area contributed by atoms with Crippen LogP contribution in [0.3, 0.4) is 0 Å². The van der Waals surface area contributed by atoms with E-state index in [0.29, 0.717) is 22.1 Å². The maximum absolute atomic E-state index is 12.4. The predicted octanol–water partition coefficient (Wildman–Crippen LogP) is 4.60. The number of thiazole rings is 1. The maximum Gasteiger partial charge on any atom is 0.259 e. The van der Waals surface area contributed by atoms with E-state index >= 15 is 0 Å². The van der Waals surface area contributed by atoms with Gasteiger partial charge >= 0.3 is 0 Å². The monoisotopic (exact) mass is 431 g/mol. The van der Waals surface area contributed by atoms with Gasteiger partial charge in [-0.15, -0.1) is 11.3 Å². The number of rotatable bonds is 6. The summed E-state index contributed by atoms with van der Waals surface area (Å²) in [4.78, 5) is 29.9. The molecule has 0 atom stereocenters. The first-order chi connectivity index (χ1) is 15.0. The van der Waals surface area contributed by atoms with Gasteiger partial charge in [-0.1, -0.05) is 36.4 Å². The Morgan fingerprint density at radius 2 is 1.97 bits per heavy atom. The van der Waals surface area contributed by atoms with E-state index in [1.165, 1.54) is 23.5 Å². The van der Waals surface area contributed by atoms with Gasteiger partial charge in [-0.2, -0.15) is 0 Å². The number of hydrogen-bond acceptors (Lipinski definition) is 5. The van der Waals surface area contributed by atoms with Crippen LogP contribution in [0, 0.1) is 13.8 Å². The summed E-state index contributed by atoms with van der Waals surface area (Å²) < 4.78 is 7.48. The Morgan fingerprint density at radius 3 is 2.77 bits per heavy atom. The Hall–Kier alpha value is -3.71. The number of anilines is 1. The van der Waals surface area contributed by atoms with Gasteiger partial charge in [0.1, 0.15) is 12.4 Å². The van der Waals surface area contributed by atoms with E-state index in [2.05, 4.69) is 10.3 Å². The summed E-state index contributed by atoms with van der Waals surface area (Å²) in [7, 11) is 0. The smallest absolute Gasteiger partial charge is 0.259 e. The number of amides is 1. The van der Waals surface area contributed by atoms with Crippen LogP contribution in [0.15, 0.2) is 70.8 Å². The van der Waals surface area contributed by atoms with Crippen molar-refractivity contribution in [2.45, 2.75) is 20.5 Å². The van der Waals surface area contributed by atoms with Crippen LogP contribution >= 0.6 is 11.3 Å². The largest absolute Gasteiger partial charge is 0.485 e. The third-order valence-electron chi connectivity index (χ3n) is 4.62. The lowest BCUT2D eigenvalue weighted by molar-refractivity contribution is -0.111. The third kappa shape index (κ3) is 4.90. The van der Waals surface area contributed by atoms with Gasteiger partial charge < -0.3 is 10.1 Å². The van der Waals surface area contributed by atoms with E-state index < -0.39 is 0 Å². The second-order valence-electron chi connectivity index (χ2n) is 7.10. The number of nitrogens with one attached hydrogen (secondary N) is 1. The summed E-state index contributed by atoms with van der Waals surface area (Å²) in [6.45, 7) is 3.93. The Balaban J connectivity index is 1.50. The fourth-order valence-electron chi connectivity index (χ4n) is 3.10. The average Bonchev–Trinajstić information content (AvgIpc) is 3.13. The first-order valence-electron chi connectivity index (χ1n) is 9.74. The number of carbonyl (C=O) groups is 1. The van der Waals surface area contributed by atoms with Gasteiger partial charge in [-0.25, -0.2) is 4.98 Å². The van der Waals surface area contributed by atoms with Crippen molar-refractivity contribution in [1.82, 2.24) is 9.38 Å². The van der Waals surface area contributed by atoms with Crippen molar-refractivity contribution in [1.29, 1.82) is 0 Å². The molecule has 6 nitrogen and oxygen atoms in total. The molecule has 0 fully saturated rings. The van der Waals surface area contributed by atoms with Crippen LogP contribution in [0.5, 0.6) is 5.75 Å². The number of ether oxygens (including phenoxy) is 1. The molecule has 0 bridgehead atoms. The van der Waals surface area contributed by atoms with E-state index in [0.717, 1.165) is 16.8 Å². The third-order valence-corrected chi connectivity index (χ3v) is 5.57. The van der Waals surface area contributed by atoms with E-state index in [9.17, 15) is 9.59 Å². The van der Waals surface area contributed by atoms with Crippen LogP contribution < -0.4 is 15.6 Å². The van der Waals surface area contributed by atoms with Crippen LogP contribution in [0.1, 0.15) is 22.5 Å². The molecular formula is C24H21N3O3S. The van der Waals surface area contributed by atoms with Crippen LogP contribution in [0.4, 0.5) is 5.69 Å². The molecule has 0 saturated carbocycles. The van der Waals surface area contributed by atoms with E-state index in [4.69, 9.17) is 4.74 Å². The van der Waals surface area contributed by atoms with Crippen molar-refractivity contribution in [2.24, 2.45) is 0 Å². The maximum atomic E-state index is 12.4. The van der Waals surface area contributed by atoms with Crippen molar-refractivity contribution in [3.05, 3.63) is 98.9 Å². The molecule has 0 aliphatic heterocycles. The standard InChI is InChI=1S/C24H21N3O3S/c1-16-8-10-21(20(12-16)26-22(28)11-9-18-6-4-3-5-7-18)30-14-19-13-23(29)27-17(2)15-31-24(27)25-19/h3-13,15H,14H2,1-2H3,(H,26,28). The minimum Gasteiger partial charge on any atom is -0.485 e. The molecule has 4 rings (SSSR count). The molecule has 0 unspecified atom stereocenters. The number of nitrogens with zero attached hydrogens (tertiary/aromatic N) is 2. The van der Waals surface area contributed by atoms with Crippen LogP contribution in [0.25, 0.3) is 11.0 Å². The number of hydrogen-bond donors (Lipinski definition) is 1. The minimum atomic E-state index is -0.258. The zero-order chi connectivity index (χ0) is 21.8. The molecule has 0 spiro atoms. The first-order valence-corrected chi connectivity index (χ1v) is 10.6. The SMILES string of the molecule is Cc1ccc(OCc2cc(=O)n3c(C)csc3n2)c(NC(=O)C=Cc2ccccc2)c1. The van der Waals surface area contributed by atoms with Gasteiger partial charge in [0.25, 0.3) is 5.56 Å². The van der Waals surface area contributed by atoms with Gasteiger partial charge in [0, 0.05) is 23.2 Å². The van der Waals surface area contributed by atoms with Crippen LogP contribution in [-0.2, 0) is 11.4 Å². The van der Waals surface area contributed by atoms with E-state index in [1.807, 2.05) is 61.7 Å². The first kappa shape index (κ1) is 20.6. The lowest BCUT2D eigenvalue weighted by Crippen LogP contribution is -2.16. The normalized spacial score (nSPS) is 11.2. The molecule has 0 aliphatic carbocycles.